The molecule has 0 fully saturated rings. The lowest BCUT2D eigenvalue weighted by Gasteiger charge is -2.19. The highest BCUT2D eigenvalue weighted by molar-refractivity contribution is 9.10. The Hall–Kier alpha value is -0.840. The molecule has 0 spiro atoms. The van der Waals surface area contributed by atoms with Gasteiger partial charge in [-0.3, -0.25) is 0 Å². The Bertz CT molecular complexity index is 566. The Morgan fingerprint density at radius 3 is 2.52 bits per heavy atom. The van der Waals surface area contributed by atoms with Gasteiger partial charge in [-0.1, -0.05) is 28.9 Å². The van der Waals surface area contributed by atoms with E-state index in [1.165, 1.54) is 4.90 Å². The molecule has 4 heteroatoms. The van der Waals surface area contributed by atoms with E-state index in [2.05, 4.69) is 46.4 Å². The Morgan fingerprint density at radius 2 is 1.90 bits per heavy atom. The van der Waals surface area contributed by atoms with Crippen molar-refractivity contribution in [2.75, 3.05) is 12.3 Å². The minimum absolute atomic E-state index is 0.151. The van der Waals surface area contributed by atoms with Crippen LogP contribution in [-0.4, -0.2) is 12.3 Å². The molecule has 0 aliphatic heterocycles. The third-order valence-electron chi connectivity index (χ3n) is 3.15. The van der Waals surface area contributed by atoms with Crippen molar-refractivity contribution in [2.24, 2.45) is 0 Å². The van der Waals surface area contributed by atoms with Gasteiger partial charge in [-0.25, -0.2) is 4.39 Å². The van der Waals surface area contributed by atoms with Crippen molar-refractivity contribution in [3.63, 3.8) is 0 Å². The molecule has 1 nitrogen and oxygen atoms in total. The molecule has 1 N–H and O–H groups in total. The van der Waals surface area contributed by atoms with Crippen LogP contribution in [0.4, 0.5) is 4.39 Å². The average molecular weight is 368 g/mol. The lowest BCUT2D eigenvalue weighted by Crippen LogP contribution is -2.23. The second-order valence-corrected chi connectivity index (χ2v) is 6.95. The van der Waals surface area contributed by atoms with Crippen LogP contribution in [0.1, 0.15) is 24.1 Å². The van der Waals surface area contributed by atoms with Gasteiger partial charge in [0, 0.05) is 21.2 Å². The second kappa shape index (κ2) is 7.97. The molecule has 0 aliphatic rings. The van der Waals surface area contributed by atoms with Gasteiger partial charge < -0.3 is 5.32 Å². The molecular formula is C17H19BrFNS. The molecule has 0 bridgehead atoms. The fourth-order valence-corrected chi connectivity index (χ4v) is 3.46. The van der Waals surface area contributed by atoms with Crippen LogP contribution >= 0.6 is 27.7 Å². The number of hydrogen-bond acceptors (Lipinski definition) is 2. The lowest BCUT2D eigenvalue weighted by molar-refractivity contribution is 0.587. The van der Waals surface area contributed by atoms with Crippen LogP contribution in [-0.2, 0) is 0 Å². The normalized spacial score (nSPS) is 12.4. The fraction of sp³-hybridized carbons (Fsp3) is 0.294. The van der Waals surface area contributed by atoms with Crippen molar-refractivity contribution in [3.05, 3.63) is 63.9 Å². The van der Waals surface area contributed by atoms with Crippen molar-refractivity contribution in [2.45, 2.75) is 24.8 Å². The Kier molecular flexibility index (Phi) is 6.27. The second-order valence-electron chi connectivity index (χ2n) is 4.94. The van der Waals surface area contributed by atoms with Crippen LogP contribution in [0.5, 0.6) is 0 Å². The highest BCUT2D eigenvalue weighted by atomic mass is 79.9. The van der Waals surface area contributed by atoms with Gasteiger partial charge >= 0.3 is 0 Å². The van der Waals surface area contributed by atoms with Crippen molar-refractivity contribution < 1.29 is 4.39 Å². The topological polar surface area (TPSA) is 12.0 Å². The molecule has 1 atom stereocenters. The summed E-state index contributed by atoms with van der Waals surface area (Å²) in [5.74, 6) is 0.708. The molecule has 0 saturated carbocycles. The van der Waals surface area contributed by atoms with Gasteiger partial charge in [-0.2, -0.15) is 0 Å². The number of benzene rings is 2. The van der Waals surface area contributed by atoms with Crippen LogP contribution in [0.15, 0.2) is 51.8 Å². The molecule has 0 heterocycles. The van der Waals surface area contributed by atoms with Gasteiger partial charge in [-0.15, -0.1) is 11.8 Å². The first-order valence-corrected chi connectivity index (χ1v) is 8.75. The molecule has 0 amide bonds. The molecule has 0 saturated heterocycles. The number of halogens is 2. The summed E-state index contributed by atoms with van der Waals surface area (Å²) in [5.41, 5.74) is 1.97. The number of rotatable bonds is 6. The standard InChI is InChI=1S/C17H19BrFNS/c1-3-20-17(13-8-12(2)9-15(19)10-13)11-21-16-6-4-14(18)5-7-16/h4-10,17,20H,3,11H2,1-2H3. The van der Waals surface area contributed by atoms with Crippen molar-refractivity contribution in [1.29, 1.82) is 0 Å². The van der Waals surface area contributed by atoms with Crippen LogP contribution in [0.3, 0.4) is 0 Å². The van der Waals surface area contributed by atoms with Crippen molar-refractivity contribution in [1.82, 2.24) is 5.32 Å². The van der Waals surface area contributed by atoms with E-state index in [-0.39, 0.29) is 11.9 Å². The largest absolute Gasteiger partial charge is 0.309 e. The lowest BCUT2D eigenvalue weighted by atomic mass is 10.1. The smallest absolute Gasteiger partial charge is 0.123 e. The molecule has 0 aromatic heterocycles. The molecule has 112 valence electrons. The molecular weight excluding hydrogens is 349 g/mol. The van der Waals surface area contributed by atoms with Crippen molar-refractivity contribution in [3.8, 4) is 0 Å². The van der Waals surface area contributed by atoms with Crippen molar-refractivity contribution >= 4 is 27.7 Å². The Balaban J connectivity index is 2.09. The summed E-state index contributed by atoms with van der Waals surface area (Å²) in [6, 6.07) is 13.7. The first-order chi connectivity index (χ1) is 10.1. The molecule has 21 heavy (non-hydrogen) atoms. The van der Waals surface area contributed by atoms with Gasteiger partial charge in [-0.05, 0) is 61.0 Å². The highest BCUT2D eigenvalue weighted by Crippen LogP contribution is 2.27. The van der Waals surface area contributed by atoms with Gasteiger partial charge in [0.15, 0.2) is 0 Å². The molecule has 0 radical (unpaired) electrons. The summed E-state index contributed by atoms with van der Waals surface area (Å²) < 4.78 is 14.7. The van der Waals surface area contributed by atoms with E-state index in [0.29, 0.717) is 0 Å². The summed E-state index contributed by atoms with van der Waals surface area (Å²) in [5, 5.41) is 3.44. The third kappa shape index (κ3) is 5.13. The fourth-order valence-electron chi connectivity index (χ4n) is 2.20. The SMILES string of the molecule is CCNC(CSc1ccc(Br)cc1)c1cc(C)cc(F)c1. The van der Waals surface area contributed by atoms with Crippen LogP contribution in [0.25, 0.3) is 0 Å². The van der Waals surface area contributed by atoms with Gasteiger partial charge in [0.1, 0.15) is 5.82 Å². The number of hydrogen-bond donors (Lipinski definition) is 1. The summed E-state index contributed by atoms with van der Waals surface area (Å²) in [7, 11) is 0. The van der Waals surface area contributed by atoms with E-state index in [0.717, 1.165) is 27.9 Å². The summed E-state index contributed by atoms with van der Waals surface area (Å²) >= 11 is 5.22. The first kappa shape index (κ1) is 16.5. The minimum Gasteiger partial charge on any atom is -0.309 e. The zero-order valence-corrected chi connectivity index (χ0v) is 14.6. The van der Waals surface area contributed by atoms with E-state index in [4.69, 9.17) is 0 Å². The number of thioether (sulfide) groups is 1. The van der Waals surface area contributed by atoms with Crippen LogP contribution in [0, 0.1) is 12.7 Å². The molecule has 0 aliphatic carbocycles. The van der Waals surface area contributed by atoms with Crippen LogP contribution < -0.4 is 5.32 Å². The maximum atomic E-state index is 13.6. The Labute approximate surface area is 138 Å². The van der Waals surface area contributed by atoms with Gasteiger partial charge in [0.05, 0.1) is 0 Å². The molecule has 2 aromatic rings. The van der Waals surface area contributed by atoms with E-state index < -0.39 is 0 Å². The number of aryl methyl sites for hydroxylation is 1. The summed E-state index contributed by atoms with van der Waals surface area (Å²) in [6.45, 7) is 4.86. The molecule has 2 rings (SSSR count). The maximum Gasteiger partial charge on any atom is 0.123 e. The first-order valence-electron chi connectivity index (χ1n) is 6.97. The predicted molar refractivity (Wildman–Crippen MR) is 92.4 cm³/mol. The third-order valence-corrected chi connectivity index (χ3v) is 4.78. The van der Waals surface area contributed by atoms with E-state index in [1.54, 1.807) is 23.9 Å². The zero-order chi connectivity index (χ0) is 15.2. The van der Waals surface area contributed by atoms with E-state index in [9.17, 15) is 4.39 Å². The highest BCUT2D eigenvalue weighted by Gasteiger charge is 2.12. The zero-order valence-electron chi connectivity index (χ0n) is 12.2. The van der Waals surface area contributed by atoms with E-state index in [1.807, 2.05) is 19.1 Å². The number of nitrogens with one attached hydrogen (secondary N) is 1. The van der Waals surface area contributed by atoms with Gasteiger partial charge in [0.25, 0.3) is 0 Å². The summed E-state index contributed by atoms with van der Waals surface area (Å²) in [6.07, 6.45) is 0. The minimum atomic E-state index is -0.165. The quantitative estimate of drug-likeness (QED) is 0.691. The Morgan fingerprint density at radius 1 is 1.19 bits per heavy atom. The summed E-state index contributed by atoms with van der Waals surface area (Å²) in [4.78, 5) is 1.22. The monoisotopic (exact) mass is 367 g/mol. The average Bonchev–Trinajstić information content (AvgIpc) is 2.44. The predicted octanol–water partition coefficient (Wildman–Crippen LogP) is 5.34. The van der Waals surface area contributed by atoms with Gasteiger partial charge in [0.2, 0.25) is 0 Å². The molecule has 1 unspecified atom stereocenters. The van der Waals surface area contributed by atoms with Crippen LogP contribution in [0.2, 0.25) is 0 Å². The molecule has 2 aromatic carbocycles. The maximum absolute atomic E-state index is 13.6. The van der Waals surface area contributed by atoms with E-state index >= 15 is 0 Å².